The van der Waals surface area contributed by atoms with Crippen molar-refractivity contribution in [2.45, 2.75) is 19.0 Å². The molecular weight excluding hydrogens is 509 g/mol. The molecule has 4 rings (SSSR count). The Morgan fingerprint density at radius 2 is 1.72 bits per heavy atom. The number of alkyl halides is 3. The first-order chi connectivity index (χ1) is 18.7. The summed E-state index contributed by atoms with van der Waals surface area (Å²) in [4.78, 5) is 40.4. The van der Waals surface area contributed by atoms with Crippen LogP contribution in [0.15, 0.2) is 72.8 Å². The molecule has 6 nitrogen and oxygen atoms in total. The van der Waals surface area contributed by atoms with Gasteiger partial charge >= 0.3 is 6.18 Å². The first-order valence-corrected chi connectivity index (χ1v) is 12.2. The van der Waals surface area contributed by atoms with Gasteiger partial charge in [-0.15, -0.1) is 6.42 Å². The minimum Gasteiger partial charge on any atom is -0.481 e. The number of nitrogens with one attached hydrogen (secondary N) is 1. The molecule has 0 aliphatic carbocycles. The summed E-state index contributed by atoms with van der Waals surface area (Å²) in [6, 6.07) is 18.1. The number of carbonyl (C=O) groups is 3. The van der Waals surface area contributed by atoms with Crippen molar-refractivity contribution in [2.75, 3.05) is 25.0 Å². The molecule has 0 saturated carbocycles. The van der Waals surface area contributed by atoms with Gasteiger partial charge in [0.25, 0.3) is 5.91 Å². The van der Waals surface area contributed by atoms with Crippen molar-refractivity contribution in [3.8, 4) is 18.1 Å². The molecule has 0 radical (unpaired) electrons. The van der Waals surface area contributed by atoms with Crippen molar-refractivity contribution in [1.82, 2.24) is 4.90 Å². The van der Waals surface area contributed by atoms with Gasteiger partial charge in [-0.05, 0) is 43.2 Å². The van der Waals surface area contributed by atoms with Crippen molar-refractivity contribution < 1.29 is 32.3 Å². The second-order valence-corrected chi connectivity index (χ2v) is 9.09. The molecule has 3 aromatic carbocycles. The topological polar surface area (TPSA) is 75.7 Å². The average Bonchev–Trinajstić information content (AvgIpc) is 2.95. The Balaban J connectivity index is 1.47. The molecule has 39 heavy (non-hydrogen) atoms. The third kappa shape index (κ3) is 6.85. The minimum atomic E-state index is -4.69. The molecule has 1 fully saturated rings. The van der Waals surface area contributed by atoms with Crippen LogP contribution in [0.2, 0.25) is 0 Å². The molecule has 1 aliphatic heterocycles. The molecule has 3 aromatic rings. The Hall–Kier alpha value is -4.58. The van der Waals surface area contributed by atoms with Gasteiger partial charge in [0.2, 0.25) is 5.91 Å². The number of nitrogens with zero attached hydrogens (tertiary/aromatic N) is 1. The van der Waals surface area contributed by atoms with Gasteiger partial charge < -0.3 is 15.0 Å². The number of hydrogen-bond acceptors (Lipinski definition) is 4. The normalized spacial score (nSPS) is 15.2. The number of piperidine rings is 1. The fraction of sp³-hybridized carbons (Fsp3) is 0.233. The number of hydrogen-bond donors (Lipinski definition) is 1. The highest BCUT2D eigenvalue weighted by molar-refractivity contribution is 6.09. The van der Waals surface area contributed by atoms with Crippen LogP contribution >= 0.6 is 0 Å². The highest BCUT2D eigenvalue weighted by Crippen LogP contribution is 2.33. The van der Waals surface area contributed by atoms with E-state index < -0.39 is 23.6 Å². The first-order valence-electron chi connectivity index (χ1n) is 12.2. The lowest BCUT2D eigenvalue weighted by atomic mass is 9.96. The van der Waals surface area contributed by atoms with Crippen molar-refractivity contribution in [3.05, 3.63) is 95.1 Å². The van der Waals surface area contributed by atoms with Gasteiger partial charge in [0.1, 0.15) is 12.4 Å². The molecule has 200 valence electrons. The molecule has 1 atom stereocenters. The smallest absolute Gasteiger partial charge is 0.416 e. The summed E-state index contributed by atoms with van der Waals surface area (Å²) in [5, 5.41) is 2.80. The summed E-state index contributed by atoms with van der Waals surface area (Å²) in [6.07, 6.45) is 1.44. The summed E-state index contributed by atoms with van der Waals surface area (Å²) in [7, 11) is 0. The second-order valence-electron chi connectivity index (χ2n) is 9.09. The van der Waals surface area contributed by atoms with E-state index in [0.29, 0.717) is 36.2 Å². The fourth-order valence-electron chi connectivity index (χ4n) is 4.39. The SMILES string of the molecule is C#CCOc1cc(C(=O)N2CCCC(C(=O)Nc3cccc(C(=O)c4ccccc4)c3)C2)cc(C(F)(F)F)c1. The number of terminal acetylenes is 1. The van der Waals surface area contributed by atoms with Crippen molar-refractivity contribution >= 4 is 23.3 Å². The van der Waals surface area contributed by atoms with Crippen molar-refractivity contribution in [1.29, 1.82) is 0 Å². The molecule has 1 saturated heterocycles. The minimum absolute atomic E-state index is 0.0318. The number of carbonyl (C=O) groups excluding carboxylic acids is 3. The van der Waals surface area contributed by atoms with Crippen LogP contribution in [0.1, 0.15) is 44.7 Å². The van der Waals surface area contributed by atoms with E-state index in [2.05, 4.69) is 11.2 Å². The Kier molecular flexibility index (Phi) is 8.35. The number of halogens is 3. The Bertz CT molecular complexity index is 1410. The largest absolute Gasteiger partial charge is 0.481 e. The molecule has 1 heterocycles. The Morgan fingerprint density at radius 1 is 0.974 bits per heavy atom. The van der Waals surface area contributed by atoms with Crippen LogP contribution in [0.3, 0.4) is 0 Å². The zero-order valence-corrected chi connectivity index (χ0v) is 20.8. The monoisotopic (exact) mass is 534 g/mol. The maximum Gasteiger partial charge on any atom is 0.416 e. The summed E-state index contributed by atoms with van der Waals surface area (Å²) < 4.78 is 45.4. The van der Waals surface area contributed by atoms with E-state index in [9.17, 15) is 27.6 Å². The van der Waals surface area contributed by atoms with Crippen LogP contribution < -0.4 is 10.1 Å². The molecular formula is C30H25F3N2O4. The third-order valence-electron chi connectivity index (χ3n) is 6.31. The average molecular weight is 535 g/mol. The molecule has 2 amide bonds. The number of likely N-dealkylation sites (tertiary alicyclic amines) is 1. The van der Waals surface area contributed by atoms with Crippen LogP contribution in [0.4, 0.5) is 18.9 Å². The molecule has 9 heteroatoms. The predicted molar refractivity (Wildman–Crippen MR) is 139 cm³/mol. The highest BCUT2D eigenvalue weighted by Gasteiger charge is 2.34. The molecule has 0 aromatic heterocycles. The maximum absolute atomic E-state index is 13.4. The van der Waals surface area contributed by atoms with E-state index in [0.717, 1.165) is 12.1 Å². The third-order valence-corrected chi connectivity index (χ3v) is 6.31. The van der Waals surface area contributed by atoms with Crippen LogP contribution in [0.25, 0.3) is 0 Å². The number of amides is 2. The lowest BCUT2D eigenvalue weighted by molar-refractivity contribution is -0.137. The lowest BCUT2D eigenvalue weighted by Crippen LogP contribution is -2.43. The maximum atomic E-state index is 13.4. The summed E-state index contributed by atoms with van der Waals surface area (Å²) in [5.74, 6) is 0.257. The van der Waals surface area contributed by atoms with Crippen LogP contribution in [0.5, 0.6) is 5.75 Å². The van der Waals surface area contributed by atoms with Crippen LogP contribution in [0, 0.1) is 18.3 Å². The highest BCUT2D eigenvalue weighted by atomic mass is 19.4. The predicted octanol–water partition coefficient (Wildman–Crippen LogP) is 5.44. The van der Waals surface area contributed by atoms with Gasteiger partial charge in [-0.2, -0.15) is 13.2 Å². The van der Waals surface area contributed by atoms with Gasteiger partial charge in [0, 0.05) is 35.5 Å². The quantitative estimate of drug-likeness (QED) is 0.324. The molecule has 1 aliphatic rings. The number of ketones is 1. The summed E-state index contributed by atoms with van der Waals surface area (Å²) in [6.45, 7) is 0.0730. The van der Waals surface area contributed by atoms with Gasteiger partial charge in [-0.3, -0.25) is 14.4 Å². The van der Waals surface area contributed by atoms with Gasteiger partial charge in [0.15, 0.2) is 5.78 Å². The van der Waals surface area contributed by atoms with Crippen molar-refractivity contribution in [3.63, 3.8) is 0 Å². The number of ether oxygens (including phenoxy) is 1. The van der Waals surface area contributed by atoms with Gasteiger partial charge in [0.05, 0.1) is 11.5 Å². The van der Waals surface area contributed by atoms with E-state index in [1.54, 1.807) is 48.5 Å². The van der Waals surface area contributed by atoms with Gasteiger partial charge in [-0.25, -0.2) is 0 Å². The number of anilines is 1. The van der Waals surface area contributed by atoms with Crippen molar-refractivity contribution in [2.24, 2.45) is 5.92 Å². The van der Waals surface area contributed by atoms with E-state index in [4.69, 9.17) is 11.2 Å². The number of benzene rings is 3. The molecule has 0 bridgehead atoms. The number of rotatable bonds is 7. The standard InChI is InChI=1S/C30H25F3N2O4/c1-2-14-39-26-17-23(15-24(18-26)30(31,32)33)29(38)35-13-7-11-22(19-35)28(37)34-25-12-6-10-21(16-25)27(36)20-8-4-3-5-9-20/h1,3-6,8-10,12,15-18,22H,7,11,13-14,19H2,(H,34,37). The lowest BCUT2D eigenvalue weighted by Gasteiger charge is -2.32. The van der Waals surface area contributed by atoms with E-state index in [-0.39, 0.29) is 36.2 Å². The molecule has 0 spiro atoms. The summed E-state index contributed by atoms with van der Waals surface area (Å²) >= 11 is 0. The first kappa shape index (κ1) is 27.5. The second kappa shape index (κ2) is 11.9. The zero-order chi connectivity index (χ0) is 28.0. The van der Waals surface area contributed by atoms with Crippen LogP contribution in [-0.4, -0.2) is 42.2 Å². The van der Waals surface area contributed by atoms with E-state index >= 15 is 0 Å². The van der Waals surface area contributed by atoms with E-state index in [1.807, 2.05) is 6.07 Å². The van der Waals surface area contributed by atoms with Gasteiger partial charge in [-0.1, -0.05) is 48.4 Å². The van der Waals surface area contributed by atoms with E-state index in [1.165, 1.54) is 11.0 Å². The van der Waals surface area contributed by atoms with Crippen LogP contribution in [-0.2, 0) is 11.0 Å². The Labute approximate surface area is 223 Å². The molecule has 1 N–H and O–H groups in total. The summed E-state index contributed by atoms with van der Waals surface area (Å²) in [5.41, 5.74) is 0.122. The fourth-order valence-corrected chi connectivity index (χ4v) is 4.39. The zero-order valence-electron chi connectivity index (χ0n) is 20.8. The Morgan fingerprint density at radius 3 is 2.44 bits per heavy atom. The molecule has 1 unspecified atom stereocenters.